The number of allylic oxidation sites excluding steroid dienone is 4. The molecule has 10 nitrogen and oxygen atoms in total. The summed E-state index contributed by atoms with van der Waals surface area (Å²) in [5.74, 6) is -2.13. The summed E-state index contributed by atoms with van der Waals surface area (Å²) in [5.41, 5.74) is 14.9. The van der Waals surface area contributed by atoms with Crippen molar-refractivity contribution in [3.63, 3.8) is 0 Å². The summed E-state index contributed by atoms with van der Waals surface area (Å²) in [6, 6.07) is 13.4. The van der Waals surface area contributed by atoms with Crippen LogP contribution in [0.25, 0.3) is 0 Å². The number of hydrogen-bond acceptors (Lipinski definition) is 6. The van der Waals surface area contributed by atoms with E-state index in [0.717, 1.165) is 16.7 Å². The number of primary amides is 1. The van der Waals surface area contributed by atoms with Crippen LogP contribution in [0.5, 0.6) is 0 Å². The average molecular weight is 655 g/mol. The second-order valence-corrected chi connectivity index (χ2v) is 10.8. The minimum atomic E-state index is -0.704. The van der Waals surface area contributed by atoms with E-state index in [-0.39, 0.29) is 50.4 Å². The van der Waals surface area contributed by atoms with Crippen molar-refractivity contribution in [1.82, 2.24) is 15.1 Å². The summed E-state index contributed by atoms with van der Waals surface area (Å²) >= 11 is 0. The molecule has 2 aromatic rings. The number of amides is 4. The van der Waals surface area contributed by atoms with Gasteiger partial charge < -0.3 is 26.6 Å². The molecule has 256 valence electrons. The van der Waals surface area contributed by atoms with Gasteiger partial charge in [0.15, 0.2) is 0 Å². The SMILES string of the molecule is C=CC/C=C\C(=C/C)C1C(C(=O)NC/C(C=NC)=C/C)c2ccccc2C(=O)N1Cc1ccc(C(=O)N(CCN)CC(N)=O)cc1.CC. The number of nitrogens with zero attached hydrogens (tertiary/aromatic N) is 3. The first-order chi connectivity index (χ1) is 23.2. The lowest BCUT2D eigenvalue weighted by molar-refractivity contribution is -0.123. The highest BCUT2D eigenvalue weighted by molar-refractivity contribution is 6.02. The van der Waals surface area contributed by atoms with Crippen molar-refractivity contribution in [3.8, 4) is 0 Å². The number of nitrogens with one attached hydrogen (secondary N) is 1. The van der Waals surface area contributed by atoms with E-state index in [1.165, 1.54) is 4.90 Å². The molecule has 1 heterocycles. The first-order valence-electron chi connectivity index (χ1n) is 16.3. The molecule has 0 aliphatic carbocycles. The van der Waals surface area contributed by atoms with Gasteiger partial charge in [-0.3, -0.25) is 24.2 Å². The van der Waals surface area contributed by atoms with Crippen molar-refractivity contribution in [2.24, 2.45) is 16.5 Å². The van der Waals surface area contributed by atoms with Crippen LogP contribution >= 0.6 is 0 Å². The molecule has 2 aromatic carbocycles. The van der Waals surface area contributed by atoms with Crippen LogP contribution in [0.2, 0.25) is 0 Å². The Morgan fingerprint density at radius 1 is 1.06 bits per heavy atom. The van der Waals surface area contributed by atoms with Gasteiger partial charge in [-0.2, -0.15) is 0 Å². The summed E-state index contributed by atoms with van der Waals surface area (Å²) in [7, 11) is 1.68. The molecule has 2 atom stereocenters. The normalized spacial score (nSPS) is 16.3. The second kappa shape index (κ2) is 20.2. The van der Waals surface area contributed by atoms with Crippen LogP contribution in [-0.2, 0) is 16.1 Å². The number of aliphatic imine (C=N–C) groups is 1. The maximum atomic E-state index is 14.2. The molecule has 4 amide bonds. The van der Waals surface area contributed by atoms with Gasteiger partial charge >= 0.3 is 0 Å². The van der Waals surface area contributed by atoms with Gasteiger partial charge in [-0.05, 0) is 60.7 Å². The largest absolute Gasteiger partial charge is 0.368 e. The molecule has 0 saturated heterocycles. The number of rotatable bonds is 15. The summed E-state index contributed by atoms with van der Waals surface area (Å²) in [6.45, 7) is 12.2. The van der Waals surface area contributed by atoms with Crippen LogP contribution in [-0.4, -0.2) is 78.9 Å². The van der Waals surface area contributed by atoms with Crippen molar-refractivity contribution in [3.05, 3.63) is 119 Å². The van der Waals surface area contributed by atoms with Gasteiger partial charge in [-0.15, -0.1) is 6.58 Å². The van der Waals surface area contributed by atoms with E-state index < -0.39 is 17.9 Å². The molecule has 1 aliphatic heterocycles. The Bertz CT molecular complexity index is 1540. The first-order valence-corrected chi connectivity index (χ1v) is 16.3. The van der Waals surface area contributed by atoms with Gasteiger partial charge in [0.05, 0.1) is 18.5 Å². The summed E-state index contributed by atoms with van der Waals surface area (Å²) < 4.78 is 0. The summed E-state index contributed by atoms with van der Waals surface area (Å²) in [4.78, 5) is 59.9. The zero-order valence-electron chi connectivity index (χ0n) is 28.8. The topological polar surface area (TPSA) is 151 Å². The average Bonchev–Trinajstić information content (AvgIpc) is 3.10. The number of fused-ring (bicyclic) bond motifs is 1. The summed E-state index contributed by atoms with van der Waals surface area (Å²) in [6.07, 6.45) is 11.8. The number of carbonyl (C=O) groups excluding carboxylic acids is 4. The fraction of sp³-hybridized carbons (Fsp3) is 0.342. The molecule has 0 fully saturated rings. The van der Waals surface area contributed by atoms with E-state index in [2.05, 4.69) is 16.9 Å². The third-order valence-electron chi connectivity index (χ3n) is 7.73. The Balaban J connectivity index is 0.00000392. The number of benzene rings is 2. The first kappa shape index (κ1) is 39.1. The van der Waals surface area contributed by atoms with Crippen LogP contribution < -0.4 is 16.8 Å². The van der Waals surface area contributed by atoms with Gasteiger partial charge in [-0.1, -0.05) is 74.6 Å². The van der Waals surface area contributed by atoms with E-state index in [1.807, 2.05) is 64.1 Å². The predicted octanol–water partition coefficient (Wildman–Crippen LogP) is 4.55. The predicted molar refractivity (Wildman–Crippen MR) is 194 cm³/mol. The molecule has 2 unspecified atom stereocenters. The molecule has 48 heavy (non-hydrogen) atoms. The summed E-state index contributed by atoms with van der Waals surface area (Å²) in [5, 5.41) is 3.07. The lowest BCUT2D eigenvalue weighted by atomic mass is 9.78. The molecule has 1 aliphatic rings. The maximum Gasteiger partial charge on any atom is 0.255 e. The molecular formula is C38H50N6O4. The number of hydrogen-bond donors (Lipinski definition) is 3. The van der Waals surface area contributed by atoms with E-state index in [4.69, 9.17) is 11.5 Å². The lowest BCUT2D eigenvalue weighted by Gasteiger charge is -2.42. The van der Waals surface area contributed by atoms with Crippen molar-refractivity contribution in [2.75, 3.05) is 33.2 Å². The van der Waals surface area contributed by atoms with Crippen LogP contribution in [0.15, 0.2) is 102 Å². The molecule has 0 aromatic heterocycles. The Morgan fingerprint density at radius 3 is 2.33 bits per heavy atom. The third-order valence-corrected chi connectivity index (χ3v) is 7.73. The molecular weight excluding hydrogens is 604 g/mol. The fourth-order valence-corrected chi connectivity index (χ4v) is 5.50. The van der Waals surface area contributed by atoms with Crippen molar-refractivity contribution >= 4 is 29.8 Å². The molecule has 5 N–H and O–H groups in total. The smallest absolute Gasteiger partial charge is 0.255 e. The van der Waals surface area contributed by atoms with Gasteiger partial charge in [0.25, 0.3) is 11.8 Å². The Hall–Kier alpha value is -5.09. The zero-order valence-corrected chi connectivity index (χ0v) is 28.8. The van der Waals surface area contributed by atoms with Gasteiger partial charge in [-0.25, -0.2) is 0 Å². The highest BCUT2D eigenvalue weighted by Crippen LogP contribution is 2.38. The van der Waals surface area contributed by atoms with Gasteiger partial charge in [0, 0.05) is 50.6 Å². The van der Waals surface area contributed by atoms with Crippen LogP contribution in [0.3, 0.4) is 0 Å². The van der Waals surface area contributed by atoms with E-state index >= 15 is 0 Å². The van der Waals surface area contributed by atoms with Crippen LogP contribution in [0.1, 0.15) is 71.9 Å². The Morgan fingerprint density at radius 2 is 1.75 bits per heavy atom. The monoisotopic (exact) mass is 654 g/mol. The molecule has 3 rings (SSSR count). The molecule has 10 heteroatoms. The number of carbonyl (C=O) groups is 4. The Labute approximate surface area is 285 Å². The van der Waals surface area contributed by atoms with E-state index in [1.54, 1.807) is 60.6 Å². The minimum Gasteiger partial charge on any atom is -0.368 e. The number of nitrogens with two attached hydrogens (primary N) is 2. The highest BCUT2D eigenvalue weighted by atomic mass is 16.2. The minimum absolute atomic E-state index is 0.180. The highest BCUT2D eigenvalue weighted by Gasteiger charge is 2.44. The zero-order chi connectivity index (χ0) is 35.6. The Kier molecular flexibility index (Phi) is 16.5. The molecule has 0 saturated carbocycles. The maximum absolute atomic E-state index is 14.2. The van der Waals surface area contributed by atoms with Crippen molar-refractivity contribution in [1.29, 1.82) is 0 Å². The molecule has 0 bridgehead atoms. The van der Waals surface area contributed by atoms with Crippen molar-refractivity contribution in [2.45, 2.75) is 52.6 Å². The molecule has 0 spiro atoms. The lowest BCUT2D eigenvalue weighted by Crippen LogP contribution is -2.52. The quantitative estimate of drug-likeness (QED) is 0.146. The molecule has 0 radical (unpaired) electrons. The van der Waals surface area contributed by atoms with Crippen molar-refractivity contribution < 1.29 is 19.2 Å². The fourth-order valence-electron chi connectivity index (χ4n) is 5.50. The second-order valence-electron chi connectivity index (χ2n) is 10.8. The van der Waals surface area contributed by atoms with Gasteiger partial charge in [0.2, 0.25) is 11.8 Å². The third kappa shape index (κ3) is 10.2. The van der Waals surface area contributed by atoms with Crippen LogP contribution in [0, 0.1) is 0 Å². The van der Waals surface area contributed by atoms with E-state index in [9.17, 15) is 19.2 Å². The van der Waals surface area contributed by atoms with E-state index in [0.29, 0.717) is 23.1 Å². The standard InChI is InChI=1S/C36H44N6O4.C2H6/c1-5-8-9-12-27(7-3)33-32(34(44)40-22-25(6-2)21-39-4)29-13-10-11-14-30(29)36(46)42(33)23-26-15-17-28(18-16-26)35(45)41(20-19-37)24-31(38)43;1-2/h5-7,9-18,21,32-33H,1,8,19-20,22-24,37H2,2-4H3,(H2,38,43)(H,40,44);1-2H3/b12-9-,25-6+,27-7+,39-21?;. The van der Waals surface area contributed by atoms with Crippen LogP contribution in [0.4, 0.5) is 0 Å². The van der Waals surface area contributed by atoms with Gasteiger partial charge in [0.1, 0.15) is 0 Å².